The maximum atomic E-state index is 13.0. The zero-order chi connectivity index (χ0) is 19.0. The van der Waals surface area contributed by atoms with E-state index in [-0.39, 0.29) is 11.8 Å². The van der Waals surface area contributed by atoms with Crippen molar-refractivity contribution in [1.29, 1.82) is 0 Å². The van der Waals surface area contributed by atoms with Crippen molar-refractivity contribution in [3.63, 3.8) is 0 Å². The molecular weight excluding hydrogens is 342 g/mol. The molecule has 2 aliphatic heterocycles. The third-order valence-corrected chi connectivity index (χ3v) is 5.72. The average molecular weight is 365 g/mol. The number of aryl methyl sites for hydroxylation is 1. The summed E-state index contributed by atoms with van der Waals surface area (Å²) in [6, 6.07) is 3.72. The van der Waals surface area contributed by atoms with Crippen LogP contribution in [0.1, 0.15) is 35.3 Å². The van der Waals surface area contributed by atoms with Crippen LogP contribution in [0.5, 0.6) is 0 Å². The second kappa shape index (κ2) is 6.72. The van der Waals surface area contributed by atoms with Gasteiger partial charge >= 0.3 is 0 Å². The first-order valence-corrected chi connectivity index (χ1v) is 9.29. The highest BCUT2D eigenvalue weighted by Gasteiger charge is 2.48. The third kappa shape index (κ3) is 3.07. The first kappa shape index (κ1) is 17.6. The molecule has 4 rings (SSSR count). The van der Waals surface area contributed by atoms with Crippen molar-refractivity contribution >= 4 is 11.8 Å². The fourth-order valence-corrected chi connectivity index (χ4v) is 4.17. The molecule has 2 aliphatic rings. The molecule has 4 heterocycles. The lowest BCUT2D eigenvalue weighted by atomic mass is 9.78. The van der Waals surface area contributed by atoms with Gasteiger partial charge in [0.1, 0.15) is 0 Å². The molecule has 0 unspecified atom stereocenters. The van der Waals surface area contributed by atoms with Crippen LogP contribution in [-0.2, 0) is 4.79 Å². The fraction of sp³-hybridized carbons (Fsp3) is 0.450. The summed E-state index contributed by atoms with van der Waals surface area (Å²) in [7, 11) is 1.85. The number of likely N-dealkylation sites (tertiary alicyclic amines) is 2. The molecule has 2 saturated heterocycles. The first-order chi connectivity index (χ1) is 13.0. The van der Waals surface area contributed by atoms with Crippen molar-refractivity contribution in [1.82, 2.24) is 24.8 Å². The van der Waals surface area contributed by atoms with Gasteiger partial charge in [0.2, 0.25) is 5.91 Å². The van der Waals surface area contributed by atoms with Gasteiger partial charge < -0.3 is 9.80 Å². The van der Waals surface area contributed by atoms with Gasteiger partial charge in [0, 0.05) is 50.8 Å². The Bertz CT molecular complexity index is 885. The Morgan fingerprint density at radius 2 is 2.07 bits per heavy atom. The van der Waals surface area contributed by atoms with Crippen molar-refractivity contribution in [2.75, 3.05) is 26.7 Å². The zero-order valence-corrected chi connectivity index (χ0v) is 15.7. The predicted octanol–water partition coefficient (Wildman–Crippen LogP) is 1.93. The number of carbonyl (C=O) groups excluding carboxylic acids is 2. The molecule has 140 valence electrons. The molecule has 0 aromatic carbocycles. The number of pyridine rings is 1. The molecule has 0 saturated carbocycles. The average Bonchev–Trinajstić information content (AvgIpc) is 3.11. The molecule has 1 spiro atoms. The molecule has 1 atom stereocenters. The molecule has 0 aliphatic carbocycles. The van der Waals surface area contributed by atoms with Gasteiger partial charge in [0.15, 0.2) is 5.82 Å². The number of piperidine rings is 1. The quantitative estimate of drug-likeness (QED) is 0.812. The topological polar surface area (TPSA) is 79.3 Å². The number of carbonyl (C=O) groups is 2. The summed E-state index contributed by atoms with van der Waals surface area (Å²) in [5.41, 5.74) is 1.54. The minimum Gasteiger partial charge on any atom is -0.345 e. The van der Waals surface area contributed by atoms with Crippen LogP contribution in [-0.4, -0.2) is 63.2 Å². The first-order valence-electron chi connectivity index (χ1n) is 9.29. The monoisotopic (exact) mass is 365 g/mol. The van der Waals surface area contributed by atoms with Gasteiger partial charge in [-0.1, -0.05) is 0 Å². The molecule has 27 heavy (non-hydrogen) atoms. The Kier molecular flexibility index (Phi) is 4.37. The second-order valence-corrected chi connectivity index (χ2v) is 7.52. The molecule has 0 radical (unpaired) electrons. The molecule has 2 aromatic heterocycles. The number of amides is 2. The number of hydrogen-bond donors (Lipinski definition) is 0. The van der Waals surface area contributed by atoms with Crippen molar-refractivity contribution in [2.45, 2.75) is 26.2 Å². The van der Waals surface area contributed by atoms with E-state index in [1.54, 1.807) is 28.4 Å². The van der Waals surface area contributed by atoms with Crippen LogP contribution in [0.2, 0.25) is 0 Å². The van der Waals surface area contributed by atoms with Gasteiger partial charge in [-0.3, -0.25) is 14.6 Å². The summed E-state index contributed by atoms with van der Waals surface area (Å²) >= 11 is 0. The van der Waals surface area contributed by atoms with E-state index < -0.39 is 5.41 Å². The highest BCUT2D eigenvalue weighted by Crippen LogP contribution is 2.40. The van der Waals surface area contributed by atoms with E-state index in [0.717, 1.165) is 31.4 Å². The molecule has 0 bridgehead atoms. The van der Waals surface area contributed by atoms with Gasteiger partial charge in [-0.05, 0) is 38.3 Å². The summed E-state index contributed by atoms with van der Waals surface area (Å²) < 4.78 is 0. The lowest BCUT2D eigenvalue weighted by molar-refractivity contribution is -0.143. The molecule has 7 nitrogen and oxygen atoms in total. The van der Waals surface area contributed by atoms with Gasteiger partial charge in [-0.25, -0.2) is 9.97 Å². The van der Waals surface area contributed by atoms with Crippen LogP contribution in [0.25, 0.3) is 11.4 Å². The summed E-state index contributed by atoms with van der Waals surface area (Å²) in [5.74, 6) is 0.631. The van der Waals surface area contributed by atoms with E-state index in [2.05, 4.69) is 15.0 Å². The Morgan fingerprint density at radius 1 is 1.22 bits per heavy atom. The minimum absolute atomic E-state index is 0.0943. The van der Waals surface area contributed by atoms with Gasteiger partial charge in [0.05, 0.1) is 16.7 Å². The van der Waals surface area contributed by atoms with Gasteiger partial charge in [0.25, 0.3) is 5.91 Å². The van der Waals surface area contributed by atoms with E-state index in [0.29, 0.717) is 30.2 Å². The van der Waals surface area contributed by atoms with Crippen LogP contribution in [0, 0.1) is 12.3 Å². The van der Waals surface area contributed by atoms with Crippen molar-refractivity contribution in [3.05, 3.63) is 42.0 Å². The molecular formula is C20H23N5O2. The summed E-state index contributed by atoms with van der Waals surface area (Å²) in [6.45, 7) is 3.71. The second-order valence-electron chi connectivity index (χ2n) is 7.52. The Morgan fingerprint density at radius 3 is 2.81 bits per heavy atom. The number of nitrogens with zero attached hydrogens (tertiary/aromatic N) is 5. The normalized spacial score (nSPS) is 22.5. The Balaban J connectivity index is 1.54. The van der Waals surface area contributed by atoms with Crippen LogP contribution >= 0.6 is 0 Å². The third-order valence-electron chi connectivity index (χ3n) is 5.72. The maximum absolute atomic E-state index is 13.0. The fourth-order valence-electron chi connectivity index (χ4n) is 4.17. The van der Waals surface area contributed by atoms with E-state index >= 15 is 0 Å². The number of hydrogen-bond acceptors (Lipinski definition) is 5. The zero-order valence-electron chi connectivity index (χ0n) is 15.7. The van der Waals surface area contributed by atoms with Crippen LogP contribution < -0.4 is 0 Å². The van der Waals surface area contributed by atoms with E-state index in [1.807, 2.05) is 26.1 Å². The Labute approximate surface area is 158 Å². The lowest BCUT2D eigenvalue weighted by Crippen LogP contribution is -2.48. The predicted molar refractivity (Wildman–Crippen MR) is 99.8 cm³/mol. The highest BCUT2D eigenvalue weighted by molar-refractivity contribution is 5.96. The summed E-state index contributed by atoms with van der Waals surface area (Å²) in [5, 5.41) is 0. The largest absolute Gasteiger partial charge is 0.345 e. The molecule has 7 heteroatoms. The van der Waals surface area contributed by atoms with Crippen molar-refractivity contribution < 1.29 is 9.59 Å². The minimum atomic E-state index is -0.410. The smallest absolute Gasteiger partial charge is 0.257 e. The highest BCUT2D eigenvalue weighted by atomic mass is 16.2. The lowest BCUT2D eigenvalue weighted by Gasteiger charge is -2.37. The summed E-state index contributed by atoms with van der Waals surface area (Å²) in [6.07, 6.45) is 7.57. The van der Waals surface area contributed by atoms with Crippen molar-refractivity contribution in [3.8, 4) is 11.4 Å². The van der Waals surface area contributed by atoms with E-state index in [1.165, 1.54) is 0 Å². The Hall–Kier alpha value is -2.83. The maximum Gasteiger partial charge on any atom is 0.257 e. The van der Waals surface area contributed by atoms with Gasteiger partial charge in [-0.2, -0.15) is 0 Å². The molecule has 2 aromatic rings. The standard InChI is InChI=1S/C20H23N5O2/c1-14-16(12-22-17(23-14)15-5-3-8-21-11-15)18(26)25-10-7-20(13-25)6-4-9-24(2)19(20)27/h3,5,8,11-12H,4,6-7,9-10,13H2,1-2H3/t20-/m1/s1. The summed E-state index contributed by atoms with van der Waals surface area (Å²) in [4.78, 5) is 42.2. The van der Waals surface area contributed by atoms with Crippen LogP contribution in [0.3, 0.4) is 0 Å². The molecule has 2 fully saturated rings. The van der Waals surface area contributed by atoms with Crippen LogP contribution in [0.4, 0.5) is 0 Å². The van der Waals surface area contributed by atoms with Crippen molar-refractivity contribution in [2.24, 2.45) is 5.41 Å². The van der Waals surface area contributed by atoms with Gasteiger partial charge in [-0.15, -0.1) is 0 Å². The molecule has 0 N–H and O–H groups in total. The van der Waals surface area contributed by atoms with E-state index in [9.17, 15) is 9.59 Å². The SMILES string of the molecule is Cc1nc(-c2cccnc2)ncc1C(=O)N1CC[C@]2(CCCN(C)C2=O)C1. The number of aromatic nitrogens is 3. The molecule has 2 amide bonds. The number of rotatable bonds is 2. The van der Waals surface area contributed by atoms with E-state index in [4.69, 9.17) is 0 Å². The van der Waals surface area contributed by atoms with Crippen LogP contribution in [0.15, 0.2) is 30.7 Å².